The largest absolute Gasteiger partial charge is 0.472 e. The Morgan fingerprint density at radius 3 is 2.40 bits per heavy atom. The van der Waals surface area contributed by atoms with Crippen molar-refractivity contribution in [2.45, 2.75) is 67.6 Å². The summed E-state index contributed by atoms with van der Waals surface area (Å²) in [6, 6.07) is 0. The highest BCUT2D eigenvalue weighted by molar-refractivity contribution is 5.21. The number of hydrogen-bond donors (Lipinski definition) is 7. The number of ether oxygens (including phenoxy) is 3. The number of aliphatic hydroxyl groups excluding tert-OH is 5. The van der Waals surface area contributed by atoms with E-state index in [1.54, 1.807) is 0 Å². The van der Waals surface area contributed by atoms with Crippen LogP contribution in [-0.2, 0) is 14.2 Å². The van der Waals surface area contributed by atoms with Crippen molar-refractivity contribution in [3.63, 3.8) is 0 Å². The van der Waals surface area contributed by atoms with E-state index in [1.807, 2.05) is 0 Å². The highest BCUT2D eigenvalue weighted by atomic mass is 16.8. The van der Waals surface area contributed by atoms with Gasteiger partial charge in [0, 0.05) is 6.42 Å². The fraction of sp³-hybridized carbons (Fsp3) is 0.867. The first-order valence-electron chi connectivity index (χ1n) is 8.04. The van der Waals surface area contributed by atoms with Crippen LogP contribution in [0.5, 0.6) is 0 Å². The fourth-order valence-corrected chi connectivity index (χ4v) is 3.84. The van der Waals surface area contributed by atoms with Gasteiger partial charge in [0.15, 0.2) is 6.29 Å². The highest BCUT2D eigenvalue weighted by Gasteiger charge is 2.64. The zero-order valence-electron chi connectivity index (χ0n) is 13.5. The van der Waals surface area contributed by atoms with Gasteiger partial charge in [-0.05, 0) is 13.0 Å². The molecule has 0 bridgehead atoms. The van der Waals surface area contributed by atoms with Crippen LogP contribution < -0.4 is 0 Å². The third-order valence-corrected chi connectivity index (χ3v) is 5.25. The van der Waals surface area contributed by atoms with Crippen LogP contribution >= 0.6 is 0 Å². The van der Waals surface area contributed by atoms with Gasteiger partial charge >= 0.3 is 0 Å². The van der Waals surface area contributed by atoms with Crippen LogP contribution in [0, 0.1) is 5.92 Å². The van der Waals surface area contributed by atoms with Gasteiger partial charge in [0.05, 0.1) is 30.5 Å². The Bertz CT molecular complexity index is 522. The standard InChI is InChI=1S/C15H24O10/c1-14(21)4-7(17)15(22)2-3-23-13(11(14)15)25-12-10(20)9(19)8(18)6(5-16)24-12/h2-3,6-13,16-22H,4-5H2,1H3/t6-,7-,8-,9+,10-,11?,12+,13+,14+,15-/m1/s1. The van der Waals surface area contributed by atoms with Crippen LogP contribution in [0.4, 0.5) is 0 Å². The summed E-state index contributed by atoms with van der Waals surface area (Å²) in [4.78, 5) is 0. The van der Waals surface area contributed by atoms with Crippen LogP contribution in [0.3, 0.4) is 0 Å². The zero-order chi connectivity index (χ0) is 18.6. The second-order valence-electron chi connectivity index (χ2n) is 7.08. The Morgan fingerprint density at radius 1 is 1.08 bits per heavy atom. The molecule has 0 aromatic carbocycles. The molecule has 7 N–H and O–H groups in total. The van der Waals surface area contributed by atoms with Crippen molar-refractivity contribution in [2.75, 3.05) is 6.61 Å². The molecule has 1 saturated carbocycles. The summed E-state index contributed by atoms with van der Waals surface area (Å²) < 4.78 is 16.0. The van der Waals surface area contributed by atoms with Gasteiger partial charge in [-0.3, -0.25) is 0 Å². The first kappa shape index (κ1) is 19.0. The fourth-order valence-electron chi connectivity index (χ4n) is 3.84. The maximum absolute atomic E-state index is 10.7. The van der Waals surface area contributed by atoms with Crippen molar-refractivity contribution in [3.8, 4) is 0 Å². The van der Waals surface area contributed by atoms with E-state index in [4.69, 9.17) is 14.2 Å². The van der Waals surface area contributed by atoms with E-state index in [2.05, 4.69) is 0 Å². The van der Waals surface area contributed by atoms with E-state index < -0.39 is 66.8 Å². The first-order valence-corrected chi connectivity index (χ1v) is 8.04. The third-order valence-electron chi connectivity index (χ3n) is 5.25. The molecule has 2 fully saturated rings. The number of fused-ring (bicyclic) bond motifs is 1. The molecule has 2 aliphatic heterocycles. The maximum atomic E-state index is 10.7. The van der Waals surface area contributed by atoms with Gasteiger partial charge in [-0.25, -0.2) is 0 Å². The predicted molar refractivity (Wildman–Crippen MR) is 78.6 cm³/mol. The van der Waals surface area contributed by atoms with Crippen molar-refractivity contribution >= 4 is 0 Å². The summed E-state index contributed by atoms with van der Waals surface area (Å²) in [7, 11) is 0. The molecule has 2 heterocycles. The van der Waals surface area contributed by atoms with E-state index in [-0.39, 0.29) is 6.42 Å². The summed E-state index contributed by atoms with van der Waals surface area (Å²) in [6.07, 6.45) is -7.87. The first-order chi connectivity index (χ1) is 11.6. The Balaban J connectivity index is 1.81. The van der Waals surface area contributed by atoms with Gasteiger partial charge in [-0.15, -0.1) is 0 Å². The lowest BCUT2D eigenvalue weighted by Gasteiger charge is -2.45. The number of aliphatic hydroxyl groups is 7. The molecule has 25 heavy (non-hydrogen) atoms. The average molecular weight is 364 g/mol. The van der Waals surface area contributed by atoms with E-state index in [9.17, 15) is 35.7 Å². The smallest absolute Gasteiger partial charge is 0.210 e. The van der Waals surface area contributed by atoms with Crippen LogP contribution in [0.1, 0.15) is 13.3 Å². The summed E-state index contributed by atoms with van der Waals surface area (Å²) in [5, 5.41) is 70.2. The summed E-state index contributed by atoms with van der Waals surface area (Å²) in [5.41, 5.74) is -3.35. The van der Waals surface area contributed by atoms with Gasteiger partial charge in [0.25, 0.3) is 0 Å². The van der Waals surface area contributed by atoms with Crippen molar-refractivity contribution in [1.82, 2.24) is 0 Å². The quantitative estimate of drug-likeness (QED) is 0.267. The van der Waals surface area contributed by atoms with Gasteiger partial charge < -0.3 is 50.0 Å². The van der Waals surface area contributed by atoms with Crippen LogP contribution in [-0.4, -0.2) is 96.7 Å². The Hall–Kier alpha value is -0.820. The van der Waals surface area contributed by atoms with Gasteiger partial charge in [-0.1, -0.05) is 0 Å². The number of rotatable bonds is 3. The molecule has 0 radical (unpaired) electrons. The molecule has 3 aliphatic rings. The monoisotopic (exact) mass is 364 g/mol. The lowest BCUT2D eigenvalue weighted by Crippen LogP contribution is -2.61. The topological polar surface area (TPSA) is 169 Å². The predicted octanol–water partition coefficient (Wildman–Crippen LogP) is -3.46. The van der Waals surface area contributed by atoms with Crippen LogP contribution in [0.25, 0.3) is 0 Å². The molecular formula is C15H24O10. The SMILES string of the molecule is C[C@]1(O)C[C@@H](O)[C@]2(O)C=CO[C@@H](O[C@@H]3O[C@H](CO)[C@@H](O)[C@H](O)[C@H]3O)C12. The molecule has 0 amide bonds. The van der Waals surface area contributed by atoms with Gasteiger partial charge in [0.1, 0.15) is 30.0 Å². The van der Waals surface area contributed by atoms with Crippen molar-refractivity contribution in [2.24, 2.45) is 5.92 Å². The van der Waals surface area contributed by atoms with Gasteiger partial charge in [0.2, 0.25) is 6.29 Å². The second kappa shape index (κ2) is 6.41. The molecule has 0 aromatic rings. The van der Waals surface area contributed by atoms with Crippen molar-refractivity contribution in [3.05, 3.63) is 12.3 Å². The Labute approximate surface area is 143 Å². The molecular weight excluding hydrogens is 340 g/mol. The number of hydrogen-bond acceptors (Lipinski definition) is 10. The van der Waals surface area contributed by atoms with Crippen LogP contribution in [0.15, 0.2) is 12.3 Å². The average Bonchev–Trinajstić information content (AvgIpc) is 2.73. The van der Waals surface area contributed by atoms with E-state index in [0.717, 1.165) is 6.26 Å². The minimum Gasteiger partial charge on any atom is -0.472 e. The molecule has 10 nitrogen and oxygen atoms in total. The zero-order valence-corrected chi connectivity index (χ0v) is 13.5. The van der Waals surface area contributed by atoms with E-state index in [1.165, 1.54) is 13.0 Å². The second-order valence-corrected chi connectivity index (χ2v) is 7.08. The summed E-state index contributed by atoms with van der Waals surface area (Å²) in [5.74, 6) is -1.10. The molecule has 10 heteroatoms. The van der Waals surface area contributed by atoms with Gasteiger partial charge in [-0.2, -0.15) is 0 Å². The molecule has 10 atom stereocenters. The minimum atomic E-state index is -1.81. The van der Waals surface area contributed by atoms with Crippen molar-refractivity contribution < 1.29 is 50.0 Å². The summed E-state index contributed by atoms with van der Waals surface area (Å²) >= 11 is 0. The van der Waals surface area contributed by atoms with E-state index in [0.29, 0.717) is 0 Å². The lowest BCUT2D eigenvalue weighted by molar-refractivity contribution is -0.351. The molecule has 0 spiro atoms. The lowest BCUT2D eigenvalue weighted by atomic mass is 9.81. The maximum Gasteiger partial charge on any atom is 0.210 e. The Kier molecular flexibility index (Phi) is 4.86. The molecule has 1 unspecified atom stereocenters. The molecule has 3 rings (SSSR count). The molecule has 1 aliphatic carbocycles. The molecule has 1 saturated heterocycles. The highest BCUT2D eigenvalue weighted by Crippen LogP contribution is 2.49. The summed E-state index contributed by atoms with van der Waals surface area (Å²) in [6.45, 7) is 0.783. The normalized spacial score (nSPS) is 55.7. The third kappa shape index (κ3) is 2.97. The minimum absolute atomic E-state index is 0.129. The van der Waals surface area contributed by atoms with Crippen LogP contribution in [0.2, 0.25) is 0 Å². The van der Waals surface area contributed by atoms with E-state index >= 15 is 0 Å². The molecule has 144 valence electrons. The molecule has 0 aromatic heterocycles. The Morgan fingerprint density at radius 2 is 1.76 bits per heavy atom. The van der Waals surface area contributed by atoms with Crippen molar-refractivity contribution in [1.29, 1.82) is 0 Å².